The lowest BCUT2D eigenvalue weighted by Crippen LogP contribution is -2.28. The first kappa shape index (κ1) is 14.5. The van der Waals surface area contributed by atoms with Crippen LogP contribution in [0.3, 0.4) is 0 Å². The summed E-state index contributed by atoms with van der Waals surface area (Å²) in [7, 11) is 0. The topological polar surface area (TPSA) is 36.1 Å². The molecule has 0 bridgehead atoms. The van der Waals surface area contributed by atoms with Crippen molar-refractivity contribution in [1.82, 2.24) is 16.2 Å². The van der Waals surface area contributed by atoms with Gasteiger partial charge >= 0.3 is 0 Å². The molecule has 1 saturated heterocycles. The molecule has 2 aromatic rings. The second kappa shape index (κ2) is 7.05. The molecule has 0 radical (unpaired) electrons. The Labute approximate surface area is 130 Å². The minimum atomic E-state index is 0.325. The van der Waals surface area contributed by atoms with Gasteiger partial charge in [0.05, 0.1) is 6.04 Å². The van der Waals surface area contributed by atoms with E-state index < -0.39 is 0 Å². The molecule has 0 aliphatic carbocycles. The van der Waals surface area contributed by atoms with Crippen molar-refractivity contribution in [2.45, 2.75) is 12.6 Å². The van der Waals surface area contributed by atoms with Gasteiger partial charge in [-0.1, -0.05) is 54.1 Å². The number of rotatable bonds is 5. The Balaban J connectivity index is 1.56. The van der Waals surface area contributed by atoms with Gasteiger partial charge in [0.15, 0.2) is 0 Å². The number of hydrogen-bond acceptors (Lipinski definition) is 3. The van der Waals surface area contributed by atoms with Crippen molar-refractivity contribution in [2.24, 2.45) is 5.92 Å². The number of benzene rings is 2. The van der Waals surface area contributed by atoms with Crippen molar-refractivity contribution in [2.75, 3.05) is 13.1 Å². The predicted octanol–water partition coefficient (Wildman–Crippen LogP) is 2.89. The maximum Gasteiger partial charge on any atom is 0.0515 e. The minimum Gasteiger partial charge on any atom is -0.312 e. The molecular weight excluding hydrogens is 282 g/mol. The lowest BCUT2D eigenvalue weighted by Gasteiger charge is -2.19. The summed E-state index contributed by atoms with van der Waals surface area (Å²) >= 11 is 5.96. The van der Waals surface area contributed by atoms with E-state index in [2.05, 4.69) is 52.6 Å². The molecule has 110 valence electrons. The highest BCUT2D eigenvalue weighted by molar-refractivity contribution is 6.30. The first-order valence-electron chi connectivity index (χ1n) is 7.31. The Morgan fingerprint density at radius 3 is 2.57 bits per heavy atom. The number of halogens is 1. The van der Waals surface area contributed by atoms with Crippen molar-refractivity contribution in [3.8, 4) is 0 Å². The molecule has 2 atom stereocenters. The normalized spacial score (nSPS) is 21.6. The van der Waals surface area contributed by atoms with Crippen LogP contribution in [0, 0.1) is 5.92 Å². The van der Waals surface area contributed by atoms with Gasteiger partial charge in [0.2, 0.25) is 0 Å². The van der Waals surface area contributed by atoms with Gasteiger partial charge in [0.1, 0.15) is 0 Å². The maximum absolute atomic E-state index is 5.96. The second-order valence-corrected chi connectivity index (χ2v) is 5.87. The van der Waals surface area contributed by atoms with Gasteiger partial charge in [-0.15, -0.1) is 0 Å². The SMILES string of the molecule is Clc1ccc(C2NNCC2CNCc2ccccc2)cc1. The van der Waals surface area contributed by atoms with E-state index in [0.717, 1.165) is 24.7 Å². The summed E-state index contributed by atoms with van der Waals surface area (Å²) in [6.07, 6.45) is 0. The third kappa shape index (κ3) is 3.83. The summed E-state index contributed by atoms with van der Waals surface area (Å²) < 4.78 is 0. The van der Waals surface area contributed by atoms with E-state index in [1.54, 1.807) is 0 Å². The van der Waals surface area contributed by atoms with Gasteiger partial charge in [-0.25, -0.2) is 5.43 Å². The molecule has 2 aromatic carbocycles. The van der Waals surface area contributed by atoms with Crippen molar-refractivity contribution in [3.63, 3.8) is 0 Å². The molecular formula is C17H20ClN3. The van der Waals surface area contributed by atoms with Crippen LogP contribution in [0.25, 0.3) is 0 Å². The summed E-state index contributed by atoms with van der Waals surface area (Å²) in [6.45, 7) is 2.85. The zero-order chi connectivity index (χ0) is 14.5. The molecule has 0 amide bonds. The average Bonchev–Trinajstić information content (AvgIpc) is 2.98. The van der Waals surface area contributed by atoms with Crippen LogP contribution in [0.2, 0.25) is 5.02 Å². The van der Waals surface area contributed by atoms with Gasteiger partial charge in [-0.3, -0.25) is 5.43 Å². The molecule has 1 aliphatic rings. The van der Waals surface area contributed by atoms with Gasteiger partial charge in [0.25, 0.3) is 0 Å². The first-order valence-corrected chi connectivity index (χ1v) is 7.69. The van der Waals surface area contributed by atoms with E-state index in [-0.39, 0.29) is 0 Å². The van der Waals surface area contributed by atoms with Crippen LogP contribution >= 0.6 is 11.6 Å². The van der Waals surface area contributed by atoms with E-state index in [1.807, 2.05) is 18.2 Å². The Kier molecular flexibility index (Phi) is 4.88. The molecule has 4 heteroatoms. The fourth-order valence-corrected chi connectivity index (χ4v) is 2.88. The fraction of sp³-hybridized carbons (Fsp3) is 0.294. The number of nitrogens with one attached hydrogen (secondary N) is 3. The van der Waals surface area contributed by atoms with Crippen molar-refractivity contribution >= 4 is 11.6 Å². The van der Waals surface area contributed by atoms with Crippen LogP contribution in [-0.4, -0.2) is 13.1 Å². The average molecular weight is 302 g/mol. The van der Waals surface area contributed by atoms with Gasteiger partial charge < -0.3 is 5.32 Å². The molecule has 1 heterocycles. The summed E-state index contributed by atoms with van der Waals surface area (Å²) in [5, 5.41) is 4.33. The van der Waals surface area contributed by atoms with Crippen LogP contribution in [0.15, 0.2) is 54.6 Å². The maximum atomic E-state index is 5.96. The van der Waals surface area contributed by atoms with Gasteiger partial charge in [-0.2, -0.15) is 0 Å². The Morgan fingerprint density at radius 2 is 1.81 bits per heavy atom. The Morgan fingerprint density at radius 1 is 1.05 bits per heavy atom. The molecule has 3 nitrogen and oxygen atoms in total. The summed E-state index contributed by atoms with van der Waals surface area (Å²) in [5.74, 6) is 0.523. The highest BCUT2D eigenvalue weighted by atomic mass is 35.5. The quantitative estimate of drug-likeness (QED) is 0.795. The lowest BCUT2D eigenvalue weighted by molar-refractivity contribution is 0.441. The van der Waals surface area contributed by atoms with Gasteiger partial charge in [0, 0.05) is 30.6 Å². The van der Waals surface area contributed by atoms with Crippen LogP contribution in [0.1, 0.15) is 17.2 Å². The van der Waals surface area contributed by atoms with Crippen molar-refractivity contribution in [3.05, 3.63) is 70.7 Å². The Bertz CT molecular complexity index is 556. The van der Waals surface area contributed by atoms with Crippen LogP contribution in [0.4, 0.5) is 0 Å². The molecule has 0 spiro atoms. The van der Waals surface area contributed by atoms with Gasteiger partial charge in [-0.05, 0) is 23.3 Å². The van der Waals surface area contributed by atoms with E-state index in [1.165, 1.54) is 11.1 Å². The summed E-state index contributed by atoms with van der Waals surface area (Å²) in [5.41, 5.74) is 9.21. The molecule has 3 N–H and O–H groups in total. The highest BCUT2D eigenvalue weighted by Gasteiger charge is 2.27. The predicted molar refractivity (Wildman–Crippen MR) is 87.0 cm³/mol. The van der Waals surface area contributed by atoms with Crippen LogP contribution < -0.4 is 16.2 Å². The van der Waals surface area contributed by atoms with E-state index in [9.17, 15) is 0 Å². The van der Waals surface area contributed by atoms with E-state index in [0.29, 0.717) is 12.0 Å². The van der Waals surface area contributed by atoms with E-state index in [4.69, 9.17) is 11.6 Å². The Hall–Kier alpha value is -1.39. The van der Waals surface area contributed by atoms with E-state index >= 15 is 0 Å². The number of hydrazine groups is 1. The third-order valence-corrected chi connectivity index (χ3v) is 4.15. The first-order chi connectivity index (χ1) is 10.3. The smallest absolute Gasteiger partial charge is 0.0515 e. The monoisotopic (exact) mass is 301 g/mol. The zero-order valence-corrected chi connectivity index (χ0v) is 12.6. The largest absolute Gasteiger partial charge is 0.312 e. The molecule has 0 saturated carbocycles. The molecule has 3 rings (SSSR count). The molecule has 2 unspecified atom stereocenters. The molecule has 0 aromatic heterocycles. The summed E-state index contributed by atoms with van der Waals surface area (Å²) in [6, 6.07) is 18.9. The lowest BCUT2D eigenvalue weighted by atomic mass is 9.95. The molecule has 1 aliphatic heterocycles. The minimum absolute atomic E-state index is 0.325. The summed E-state index contributed by atoms with van der Waals surface area (Å²) in [4.78, 5) is 0. The van der Waals surface area contributed by atoms with Crippen LogP contribution in [-0.2, 0) is 6.54 Å². The van der Waals surface area contributed by atoms with Crippen molar-refractivity contribution in [1.29, 1.82) is 0 Å². The fourth-order valence-electron chi connectivity index (χ4n) is 2.75. The third-order valence-electron chi connectivity index (χ3n) is 3.90. The molecule has 21 heavy (non-hydrogen) atoms. The second-order valence-electron chi connectivity index (χ2n) is 5.43. The zero-order valence-electron chi connectivity index (χ0n) is 11.9. The standard InChI is InChI=1S/C17H20ClN3/c18-16-8-6-14(7-9-16)17-15(12-20-21-17)11-19-10-13-4-2-1-3-5-13/h1-9,15,17,19-21H,10-12H2. The number of hydrogen-bond donors (Lipinski definition) is 3. The molecule has 1 fully saturated rings. The van der Waals surface area contributed by atoms with Crippen LogP contribution in [0.5, 0.6) is 0 Å². The highest BCUT2D eigenvalue weighted by Crippen LogP contribution is 2.25. The van der Waals surface area contributed by atoms with Crippen molar-refractivity contribution < 1.29 is 0 Å².